The van der Waals surface area contributed by atoms with Crippen LogP contribution in [0, 0.1) is 6.92 Å². The molecule has 1 saturated carbocycles. The van der Waals surface area contributed by atoms with Gasteiger partial charge in [0.2, 0.25) is 5.06 Å². The molecule has 1 aliphatic carbocycles. The molecule has 0 unspecified atom stereocenters. The van der Waals surface area contributed by atoms with Crippen molar-refractivity contribution in [3.05, 3.63) is 95.1 Å². The summed E-state index contributed by atoms with van der Waals surface area (Å²) in [5.74, 6) is -0.0897. The summed E-state index contributed by atoms with van der Waals surface area (Å²) in [6, 6.07) is 23.1. The fourth-order valence-corrected chi connectivity index (χ4v) is 4.71. The smallest absolute Gasteiger partial charge is 0.397 e. The molecular weight excluding hydrogens is 498 g/mol. The number of thiazole rings is 1. The second kappa shape index (κ2) is 11.5. The Bertz CT molecular complexity index is 1450. The molecule has 3 aromatic carbocycles. The van der Waals surface area contributed by atoms with Crippen LogP contribution in [-0.2, 0) is 13.1 Å². The SMILES string of the molecule is Cc1ccc(C(=O)NC2CC2)cc1Nc1nc(-c2cccc(CN)c2)c(OC(=O)NCc2ccccc2)s1. The first kappa shape index (κ1) is 25.4. The van der Waals surface area contributed by atoms with Gasteiger partial charge in [-0.3, -0.25) is 4.79 Å². The molecule has 2 amide bonds. The molecule has 4 aromatic rings. The number of rotatable bonds is 9. The Balaban J connectivity index is 1.39. The van der Waals surface area contributed by atoms with Crippen molar-refractivity contribution in [2.45, 2.75) is 38.9 Å². The molecule has 38 heavy (non-hydrogen) atoms. The van der Waals surface area contributed by atoms with Gasteiger partial charge in [-0.2, -0.15) is 0 Å². The van der Waals surface area contributed by atoms with E-state index in [2.05, 4.69) is 16.0 Å². The highest BCUT2D eigenvalue weighted by molar-refractivity contribution is 7.18. The minimum absolute atomic E-state index is 0.0897. The zero-order valence-electron chi connectivity index (χ0n) is 21.0. The quantitative estimate of drug-likeness (QED) is 0.228. The largest absolute Gasteiger partial charge is 0.413 e. The van der Waals surface area contributed by atoms with E-state index in [-0.39, 0.29) is 11.9 Å². The molecule has 0 aliphatic heterocycles. The first-order valence-corrected chi connectivity index (χ1v) is 13.3. The fraction of sp³-hybridized carbons (Fsp3) is 0.207. The lowest BCUT2D eigenvalue weighted by atomic mass is 10.1. The van der Waals surface area contributed by atoms with Gasteiger partial charge in [0.25, 0.3) is 5.91 Å². The second-order valence-electron chi connectivity index (χ2n) is 9.19. The third-order valence-corrected chi connectivity index (χ3v) is 7.00. The van der Waals surface area contributed by atoms with Crippen LogP contribution in [0.4, 0.5) is 15.6 Å². The van der Waals surface area contributed by atoms with Gasteiger partial charge in [0.05, 0.1) is 0 Å². The van der Waals surface area contributed by atoms with E-state index in [0.717, 1.165) is 40.8 Å². The zero-order valence-corrected chi connectivity index (χ0v) is 21.8. The van der Waals surface area contributed by atoms with Gasteiger partial charge in [-0.1, -0.05) is 65.9 Å². The number of hydrogen-bond donors (Lipinski definition) is 4. The van der Waals surface area contributed by atoms with E-state index in [1.54, 1.807) is 0 Å². The van der Waals surface area contributed by atoms with E-state index >= 15 is 0 Å². The summed E-state index contributed by atoms with van der Waals surface area (Å²) in [5, 5.41) is 10.0. The normalized spacial score (nSPS) is 12.6. The lowest BCUT2D eigenvalue weighted by molar-refractivity contribution is 0.0951. The van der Waals surface area contributed by atoms with Gasteiger partial charge in [-0.05, 0) is 54.7 Å². The van der Waals surface area contributed by atoms with Crippen LogP contribution in [-0.4, -0.2) is 23.0 Å². The number of aryl methyl sites for hydroxylation is 1. The number of nitrogens with two attached hydrogens (primary N) is 1. The monoisotopic (exact) mass is 527 g/mol. The van der Waals surface area contributed by atoms with Crippen LogP contribution in [0.5, 0.6) is 5.06 Å². The van der Waals surface area contributed by atoms with Gasteiger partial charge < -0.3 is 26.4 Å². The molecule has 1 heterocycles. The number of benzene rings is 3. The van der Waals surface area contributed by atoms with Crippen LogP contribution >= 0.6 is 11.3 Å². The lowest BCUT2D eigenvalue weighted by Crippen LogP contribution is -2.26. The third-order valence-electron chi connectivity index (χ3n) is 6.15. The van der Waals surface area contributed by atoms with E-state index in [0.29, 0.717) is 34.5 Å². The number of hydrogen-bond acceptors (Lipinski definition) is 7. The number of carbonyl (C=O) groups excluding carboxylic acids is 2. The molecule has 9 heteroatoms. The minimum atomic E-state index is -0.574. The Labute approximate surface area is 225 Å². The summed E-state index contributed by atoms with van der Waals surface area (Å²) in [6.07, 6.45) is 1.48. The molecule has 194 valence electrons. The predicted molar refractivity (Wildman–Crippen MR) is 150 cm³/mol. The van der Waals surface area contributed by atoms with Gasteiger partial charge in [-0.25, -0.2) is 9.78 Å². The van der Waals surface area contributed by atoms with Crippen LogP contribution < -0.4 is 26.4 Å². The van der Waals surface area contributed by atoms with Crippen molar-refractivity contribution >= 4 is 34.2 Å². The Morgan fingerprint density at radius 1 is 1.03 bits per heavy atom. The van der Waals surface area contributed by atoms with Crippen LogP contribution in [0.1, 0.15) is 39.9 Å². The molecule has 0 bridgehead atoms. The molecule has 1 aromatic heterocycles. The molecule has 0 radical (unpaired) electrons. The van der Waals surface area contributed by atoms with Crippen LogP contribution in [0.2, 0.25) is 0 Å². The van der Waals surface area contributed by atoms with Crippen molar-refractivity contribution in [2.75, 3.05) is 5.32 Å². The molecule has 1 aliphatic rings. The highest BCUT2D eigenvalue weighted by atomic mass is 32.1. The molecule has 0 spiro atoms. The van der Waals surface area contributed by atoms with Crippen molar-refractivity contribution in [3.63, 3.8) is 0 Å². The summed E-state index contributed by atoms with van der Waals surface area (Å²) < 4.78 is 5.73. The average Bonchev–Trinajstić information content (AvgIpc) is 3.67. The fourth-order valence-electron chi connectivity index (χ4n) is 3.86. The lowest BCUT2D eigenvalue weighted by Gasteiger charge is -2.10. The Hall–Kier alpha value is -4.21. The summed E-state index contributed by atoms with van der Waals surface area (Å²) in [4.78, 5) is 30.0. The number of aromatic nitrogens is 1. The van der Waals surface area contributed by atoms with Crippen LogP contribution in [0.3, 0.4) is 0 Å². The van der Waals surface area contributed by atoms with Crippen LogP contribution in [0.25, 0.3) is 11.3 Å². The second-order valence-corrected chi connectivity index (χ2v) is 10.2. The maximum absolute atomic E-state index is 12.7. The molecule has 5 rings (SSSR count). The van der Waals surface area contributed by atoms with Crippen molar-refractivity contribution in [2.24, 2.45) is 5.73 Å². The van der Waals surface area contributed by atoms with E-state index in [1.807, 2.05) is 79.7 Å². The van der Waals surface area contributed by atoms with Gasteiger partial charge >= 0.3 is 6.09 Å². The molecule has 1 fully saturated rings. The van der Waals surface area contributed by atoms with E-state index in [4.69, 9.17) is 15.5 Å². The number of nitrogens with zero attached hydrogens (tertiary/aromatic N) is 1. The van der Waals surface area contributed by atoms with E-state index in [1.165, 1.54) is 11.3 Å². The topological polar surface area (TPSA) is 118 Å². The zero-order chi connectivity index (χ0) is 26.5. The van der Waals surface area contributed by atoms with Crippen molar-refractivity contribution < 1.29 is 14.3 Å². The summed E-state index contributed by atoms with van der Waals surface area (Å²) in [7, 11) is 0. The highest BCUT2D eigenvalue weighted by Crippen LogP contribution is 2.40. The van der Waals surface area contributed by atoms with Gasteiger partial charge in [0, 0.05) is 35.9 Å². The average molecular weight is 528 g/mol. The number of carbonyl (C=O) groups is 2. The first-order chi connectivity index (χ1) is 18.5. The molecule has 0 saturated heterocycles. The highest BCUT2D eigenvalue weighted by Gasteiger charge is 2.24. The molecule has 5 N–H and O–H groups in total. The standard InChI is InChI=1S/C29H29N5O3S/c1-18-10-11-22(26(35)32-23-12-13-23)15-24(18)33-28-34-25(21-9-5-8-20(14-21)16-30)27(38-28)37-29(36)31-17-19-6-3-2-4-7-19/h2-11,14-15,23H,12-13,16-17,30H2,1H3,(H,31,36)(H,32,35)(H,33,34). The number of ether oxygens (including phenoxy) is 1. The molecular formula is C29H29N5O3S. The third kappa shape index (κ3) is 6.37. The van der Waals surface area contributed by atoms with Gasteiger partial charge in [0.1, 0.15) is 5.69 Å². The summed E-state index contributed by atoms with van der Waals surface area (Å²) >= 11 is 1.22. The minimum Gasteiger partial charge on any atom is -0.397 e. The van der Waals surface area contributed by atoms with Crippen molar-refractivity contribution in [1.29, 1.82) is 0 Å². The van der Waals surface area contributed by atoms with Crippen molar-refractivity contribution in [3.8, 4) is 16.3 Å². The maximum Gasteiger partial charge on any atom is 0.413 e. The number of amides is 2. The maximum atomic E-state index is 12.7. The number of anilines is 2. The predicted octanol–water partition coefficient (Wildman–Crippen LogP) is 5.50. The molecule has 8 nitrogen and oxygen atoms in total. The Kier molecular flexibility index (Phi) is 7.67. The van der Waals surface area contributed by atoms with Crippen molar-refractivity contribution in [1.82, 2.24) is 15.6 Å². The van der Waals surface area contributed by atoms with E-state index in [9.17, 15) is 9.59 Å². The van der Waals surface area contributed by atoms with Gasteiger partial charge in [-0.15, -0.1) is 0 Å². The summed E-state index contributed by atoms with van der Waals surface area (Å²) in [6.45, 7) is 2.68. The summed E-state index contributed by atoms with van der Waals surface area (Å²) in [5.41, 5.74) is 11.4. The molecule has 0 atom stereocenters. The Morgan fingerprint density at radius 2 is 1.82 bits per heavy atom. The Morgan fingerprint density at radius 3 is 2.58 bits per heavy atom. The van der Waals surface area contributed by atoms with Crippen LogP contribution in [0.15, 0.2) is 72.8 Å². The van der Waals surface area contributed by atoms with E-state index < -0.39 is 6.09 Å². The number of nitrogens with one attached hydrogen (secondary N) is 3. The first-order valence-electron chi connectivity index (χ1n) is 12.5. The van der Waals surface area contributed by atoms with Gasteiger partial charge in [0.15, 0.2) is 5.13 Å².